The van der Waals surface area contributed by atoms with Crippen LogP contribution in [0.1, 0.15) is 20.8 Å². The van der Waals surface area contributed by atoms with Crippen molar-refractivity contribution in [3.63, 3.8) is 0 Å². The minimum absolute atomic E-state index is 0.154. The average molecular weight is 217 g/mol. The largest absolute Gasteiger partial charge is 0.399 e. The van der Waals surface area contributed by atoms with Crippen molar-refractivity contribution < 1.29 is 0 Å². The first-order valence-electron chi connectivity index (χ1n) is 5.13. The van der Waals surface area contributed by atoms with Crippen molar-refractivity contribution in [3.8, 4) is 11.4 Å². The molecule has 0 spiro atoms. The van der Waals surface area contributed by atoms with Crippen LogP contribution in [0.4, 0.5) is 5.69 Å². The van der Waals surface area contributed by atoms with Crippen molar-refractivity contribution in [1.29, 1.82) is 0 Å². The van der Waals surface area contributed by atoms with Crippen LogP contribution in [0, 0.1) is 0 Å². The Bertz CT molecular complexity index is 478. The van der Waals surface area contributed by atoms with Crippen molar-refractivity contribution in [3.05, 3.63) is 24.3 Å². The Morgan fingerprint density at radius 1 is 1.12 bits per heavy atom. The van der Waals surface area contributed by atoms with E-state index in [1.807, 2.05) is 45.0 Å². The van der Waals surface area contributed by atoms with Gasteiger partial charge in [-0.25, -0.2) is 0 Å². The lowest BCUT2D eigenvalue weighted by Gasteiger charge is -2.15. The minimum Gasteiger partial charge on any atom is -0.399 e. The number of rotatable bonds is 1. The van der Waals surface area contributed by atoms with Gasteiger partial charge in [-0.2, -0.15) is 4.80 Å². The number of nitrogen functional groups attached to an aromatic ring is 1. The first kappa shape index (κ1) is 10.6. The lowest BCUT2D eigenvalue weighted by atomic mass is 10.1. The summed E-state index contributed by atoms with van der Waals surface area (Å²) in [6.45, 7) is 6.09. The molecule has 0 aliphatic carbocycles. The summed E-state index contributed by atoms with van der Waals surface area (Å²) in [6.07, 6.45) is 0. The van der Waals surface area contributed by atoms with Gasteiger partial charge < -0.3 is 5.73 Å². The maximum atomic E-state index is 5.62. The fourth-order valence-electron chi connectivity index (χ4n) is 1.25. The van der Waals surface area contributed by atoms with Crippen molar-refractivity contribution in [2.75, 3.05) is 5.73 Å². The maximum absolute atomic E-state index is 5.62. The van der Waals surface area contributed by atoms with Gasteiger partial charge in [0.05, 0.1) is 5.54 Å². The van der Waals surface area contributed by atoms with Gasteiger partial charge in [0.15, 0.2) is 0 Å². The molecule has 0 saturated heterocycles. The van der Waals surface area contributed by atoms with Gasteiger partial charge in [-0.15, -0.1) is 10.2 Å². The van der Waals surface area contributed by atoms with Crippen molar-refractivity contribution >= 4 is 5.69 Å². The van der Waals surface area contributed by atoms with Gasteiger partial charge in [0, 0.05) is 11.3 Å². The summed E-state index contributed by atoms with van der Waals surface area (Å²) in [5.41, 5.74) is 7.11. The highest BCUT2D eigenvalue weighted by Crippen LogP contribution is 2.17. The number of aromatic nitrogens is 4. The van der Waals surface area contributed by atoms with E-state index in [2.05, 4.69) is 15.4 Å². The van der Waals surface area contributed by atoms with Crippen molar-refractivity contribution in [2.24, 2.45) is 0 Å². The molecule has 0 aliphatic heterocycles. The predicted molar refractivity (Wildman–Crippen MR) is 62.7 cm³/mol. The van der Waals surface area contributed by atoms with Crippen LogP contribution in [-0.2, 0) is 5.54 Å². The zero-order valence-electron chi connectivity index (χ0n) is 9.68. The molecule has 0 saturated carbocycles. The molecule has 0 radical (unpaired) electrons. The summed E-state index contributed by atoms with van der Waals surface area (Å²) in [7, 11) is 0. The van der Waals surface area contributed by atoms with Gasteiger partial charge in [-0.05, 0) is 50.3 Å². The molecule has 0 fully saturated rings. The molecule has 0 unspecified atom stereocenters. The van der Waals surface area contributed by atoms with Crippen LogP contribution in [0.5, 0.6) is 0 Å². The third-order valence-electron chi connectivity index (χ3n) is 2.18. The number of benzene rings is 1. The smallest absolute Gasteiger partial charge is 0.204 e. The predicted octanol–water partition coefficient (Wildman–Crippen LogP) is 1.68. The lowest BCUT2D eigenvalue weighted by Crippen LogP contribution is -2.24. The van der Waals surface area contributed by atoms with Gasteiger partial charge >= 0.3 is 0 Å². The van der Waals surface area contributed by atoms with Crippen LogP contribution in [0.3, 0.4) is 0 Å². The van der Waals surface area contributed by atoms with Gasteiger partial charge in [0.2, 0.25) is 5.82 Å². The summed E-state index contributed by atoms with van der Waals surface area (Å²) in [5, 5.41) is 12.4. The standard InChI is InChI=1S/C11H15N5/c1-11(2,3)16-14-10(13-15-16)8-4-6-9(12)7-5-8/h4-7H,12H2,1-3H3. The van der Waals surface area contributed by atoms with E-state index in [-0.39, 0.29) is 5.54 Å². The second-order valence-corrected chi connectivity index (χ2v) is 4.70. The van der Waals surface area contributed by atoms with Crippen molar-refractivity contribution in [2.45, 2.75) is 26.3 Å². The minimum atomic E-state index is -0.154. The highest BCUT2D eigenvalue weighted by atomic mass is 15.6. The Kier molecular flexibility index (Phi) is 2.38. The van der Waals surface area contributed by atoms with Crippen LogP contribution in [0.25, 0.3) is 11.4 Å². The van der Waals surface area contributed by atoms with E-state index < -0.39 is 0 Å². The molecule has 5 heteroatoms. The monoisotopic (exact) mass is 217 g/mol. The first-order chi connectivity index (χ1) is 7.47. The first-order valence-corrected chi connectivity index (χ1v) is 5.13. The fraction of sp³-hybridized carbons (Fsp3) is 0.364. The summed E-state index contributed by atoms with van der Waals surface area (Å²) in [4.78, 5) is 1.61. The van der Waals surface area contributed by atoms with Gasteiger partial charge in [0.1, 0.15) is 0 Å². The summed E-state index contributed by atoms with van der Waals surface area (Å²) >= 11 is 0. The lowest BCUT2D eigenvalue weighted by molar-refractivity contribution is 0.306. The van der Waals surface area contributed by atoms with E-state index in [4.69, 9.17) is 5.73 Å². The summed E-state index contributed by atoms with van der Waals surface area (Å²) in [6, 6.07) is 7.43. The van der Waals surface area contributed by atoms with E-state index in [0.717, 1.165) is 11.3 Å². The number of hydrogen-bond acceptors (Lipinski definition) is 4. The highest BCUT2D eigenvalue weighted by molar-refractivity contribution is 5.57. The number of nitrogens with two attached hydrogens (primary N) is 1. The quantitative estimate of drug-likeness (QED) is 0.738. The van der Waals surface area contributed by atoms with E-state index >= 15 is 0 Å². The van der Waals surface area contributed by atoms with E-state index in [0.29, 0.717) is 5.82 Å². The Balaban J connectivity index is 2.35. The molecule has 1 heterocycles. The van der Waals surface area contributed by atoms with Crippen LogP contribution >= 0.6 is 0 Å². The molecule has 16 heavy (non-hydrogen) atoms. The number of hydrogen-bond donors (Lipinski definition) is 1. The molecule has 0 atom stereocenters. The van der Waals surface area contributed by atoms with Crippen LogP contribution < -0.4 is 5.73 Å². The zero-order valence-corrected chi connectivity index (χ0v) is 9.68. The number of anilines is 1. The number of tetrazole rings is 1. The van der Waals surface area contributed by atoms with Gasteiger partial charge in [-0.1, -0.05) is 0 Å². The fourth-order valence-corrected chi connectivity index (χ4v) is 1.25. The third-order valence-corrected chi connectivity index (χ3v) is 2.18. The highest BCUT2D eigenvalue weighted by Gasteiger charge is 2.17. The van der Waals surface area contributed by atoms with E-state index in [1.165, 1.54) is 0 Å². The Hall–Kier alpha value is -1.91. The molecular formula is C11H15N5. The average Bonchev–Trinajstić information content (AvgIpc) is 2.67. The zero-order chi connectivity index (χ0) is 11.8. The summed E-state index contributed by atoms with van der Waals surface area (Å²) < 4.78 is 0. The molecule has 1 aromatic carbocycles. The molecule has 2 rings (SSSR count). The second kappa shape index (κ2) is 3.59. The summed E-state index contributed by atoms with van der Waals surface area (Å²) in [5.74, 6) is 0.620. The third kappa shape index (κ3) is 2.03. The van der Waals surface area contributed by atoms with E-state index in [1.54, 1.807) is 4.80 Å². The van der Waals surface area contributed by atoms with Crippen LogP contribution in [0.2, 0.25) is 0 Å². The van der Waals surface area contributed by atoms with Crippen molar-refractivity contribution in [1.82, 2.24) is 20.2 Å². The molecule has 5 nitrogen and oxygen atoms in total. The molecule has 2 aromatic rings. The topological polar surface area (TPSA) is 69.6 Å². The molecule has 2 N–H and O–H groups in total. The molecule has 0 bridgehead atoms. The Morgan fingerprint density at radius 2 is 1.75 bits per heavy atom. The molecule has 0 aliphatic rings. The van der Waals surface area contributed by atoms with Crippen LogP contribution in [-0.4, -0.2) is 20.2 Å². The van der Waals surface area contributed by atoms with Gasteiger partial charge in [-0.3, -0.25) is 0 Å². The second-order valence-electron chi connectivity index (χ2n) is 4.70. The van der Waals surface area contributed by atoms with E-state index in [9.17, 15) is 0 Å². The molecule has 84 valence electrons. The van der Waals surface area contributed by atoms with Gasteiger partial charge in [0.25, 0.3) is 0 Å². The maximum Gasteiger partial charge on any atom is 0.204 e. The Labute approximate surface area is 94.3 Å². The molecule has 0 amide bonds. The SMILES string of the molecule is CC(C)(C)n1nnc(-c2ccc(N)cc2)n1. The van der Waals surface area contributed by atoms with Crippen LogP contribution in [0.15, 0.2) is 24.3 Å². The molecular weight excluding hydrogens is 202 g/mol. The molecule has 1 aromatic heterocycles. The Morgan fingerprint density at radius 3 is 2.25 bits per heavy atom. The normalized spacial score (nSPS) is 11.7. The number of nitrogens with zero attached hydrogens (tertiary/aromatic N) is 4.